The van der Waals surface area contributed by atoms with Gasteiger partial charge in [-0.2, -0.15) is 0 Å². The van der Waals surface area contributed by atoms with E-state index in [-0.39, 0.29) is 0 Å². The van der Waals surface area contributed by atoms with Crippen LogP contribution in [0.15, 0.2) is 0 Å². The Hall–Kier alpha value is -0.520. The van der Waals surface area contributed by atoms with Gasteiger partial charge in [-0.15, -0.1) is 6.42 Å². The van der Waals surface area contributed by atoms with E-state index in [0.29, 0.717) is 6.04 Å². The molecular formula is C11H22N2. The van der Waals surface area contributed by atoms with Crippen LogP contribution in [-0.4, -0.2) is 37.1 Å². The van der Waals surface area contributed by atoms with Crippen molar-refractivity contribution < 1.29 is 0 Å². The molecule has 0 spiro atoms. The van der Waals surface area contributed by atoms with Gasteiger partial charge in [0.05, 0.1) is 6.54 Å². The molecule has 76 valence electrons. The molecule has 0 heterocycles. The quantitative estimate of drug-likeness (QED) is 0.472. The molecule has 0 aliphatic heterocycles. The Labute approximate surface area is 82.7 Å². The van der Waals surface area contributed by atoms with Crippen molar-refractivity contribution in [2.45, 2.75) is 33.2 Å². The van der Waals surface area contributed by atoms with Crippen LogP contribution in [0.25, 0.3) is 0 Å². The molecule has 0 radical (unpaired) electrons. The average molecular weight is 182 g/mol. The van der Waals surface area contributed by atoms with Crippen molar-refractivity contribution in [3.8, 4) is 12.3 Å². The van der Waals surface area contributed by atoms with Crippen LogP contribution in [0.1, 0.15) is 27.2 Å². The molecule has 0 fully saturated rings. The van der Waals surface area contributed by atoms with Crippen LogP contribution in [0.4, 0.5) is 0 Å². The number of likely N-dealkylation sites (N-methyl/N-ethyl adjacent to an activating group) is 1. The fraction of sp³-hybridized carbons (Fsp3) is 0.818. The van der Waals surface area contributed by atoms with Crippen LogP contribution >= 0.6 is 0 Å². The third kappa shape index (κ3) is 5.68. The number of nitrogens with zero attached hydrogens (tertiary/aromatic N) is 1. The number of rotatable bonds is 7. The highest BCUT2D eigenvalue weighted by atomic mass is 15.2. The zero-order valence-electron chi connectivity index (χ0n) is 9.14. The van der Waals surface area contributed by atoms with Crippen LogP contribution in [0.5, 0.6) is 0 Å². The van der Waals surface area contributed by atoms with E-state index in [1.54, 1.807) is 0 Å². The van der Waals surface area contributed by atoms with Gasteiger partial charge in [-0.3, -0.25) is 4.90 Å². The Morgan fingerprint density at radius 3 is 2.62 bits per heavy atom. The van der Waals surface area contributed by atoms with E-state index in [0.717, 1.165) is 26.2 Å². The van der Waals surface area contributed by atoms with E-state index < -0.39 is 0 Å². The lowest BCUT2D eigenvalue weighted by Gasteiger charge is -2.25. The van der Waals surface area contributed by atoms with E-state index in [9.17, 15) is 0 Å². The van der Waals surface area contributed by atoms with Gasteiger partial charge in [0.2, 0.25) is 0 Å². The molecule has 0 amide bonds. The molecule has 13 heavy (non-hydrogen) atoms. The predicted molar refractivity (Wildman–Crippen MR) is 58.7 cm³/mol. The molecular weight excluding hydrogens is 160 g/mol. The molecule has 1 N–H and O–H groups in total. The van der Waals surface area contributed by atoms with Gasteiger partial charge in [-0.05, 0) is 26.4 Å². The first-order chi connectivity index (χ1) is 6.26. The largest absolute Gasteiger partial charge is 0.315 e. The van der Waals surface area contributed by atoms with Crippen molar-refractivity contribution in [2.75, 3.05) is 26.2 Å². The fourth-order valence-corrected chi connectivity index (χ4v) is 1.31. The average Bonchev–Trinajstić information content (AvgIpc) is 2.14. The fourth-order valence-electron chi connectivity index (χ4n) is 1.31. The summed E-state index contributed by atoms with van der Waals surface area (Å²) in [5.41, 5.74) is 0. The first-order valence-corrected chi connectivity index (χ1v) is 5.14. The maximum Gasteiger partial charge on any atom is 0.0601 e. The SMILES string of the molecule is C#CCN(CC)C(C)CNCCC. The predicted octanol–water partition coefficient (Wildman–Crippen LogP) is 1.33. The number of hydrogen-bond donors (Lipinski definition) is 1. The molecule has 1 unspecified atom stereocenters. The van der Waals surface area contributed by atoms with Crippen molar-refractivity contribution >= 4 is 0 Å². The van der Waals surface area contributed by atoms with Crippen LogP contribution < -0.4 is 5.32 Å². The smallest absolute Gasteiger partial charge is 0.0601 e. The molecule has 0 saturated carbocycles. The molecule has 0 aromatic carbocycles. The van der Waals surface area contributed by atoms with Crippen LogP contribution in [0.2, 0.25) is 0 Å². The zero-order valence-corrected chi connectivity index (χ0v) is 9.14. The van der Waals surface area contributed by atoms with Gasteiger partial charge < -0.3 is 5.32 Å². The van der Waals surface area contributed by atoms with E-state index in [4.69, 9.17) is 6.42 Å². The Bertz CT molecular complexity index is 149. The Kier molecular flexibility index (Phi) is 7.77. The monoisotopic (exact) mass is 182 g/mol. The summed E-state index contributed by atoms with van der Waals surface area (Å²) in [5, 5.41) is 3.40. The highest BCUT2D eigenvalue weighted by Gasteiger charge is 2.09. The Morgan fingerprint density at radius 2 is 2.15 bits per heavy atom. The van der Waals surface area contributed by atoms with E-state index >= 15 is 0 Å². The Balaban J connectivity index is 3.65. The second kappa shape index (κ2) is 8.10. The normalized spacial score (nSPS) is 12.8. The molecule has 0 aromatic rings. The number of terminal acetylenes is 1. The zero-order chi connectivity index (χ0) is 10.1. The maximum atomic E-state index is 5.29. The second-order valence-electron chi connectivity index (χ2n) is 3.32. The van der Waals surface area contributed by atoms with Gasteiger partial charge in [-0.25, -0.2) is 0 Å². The van der Waals surface area contributed by atoms with Gasteiger partial charge >= 0.3 is 0 Å². The molecule has 1 atom stereocenters. The summed E-state index contributed by atoms with van der Waals surface area (Å²) in [7, 11) is 0. The van der Waals surface area contributed by atoms with Crippen molar-refractivity contribution in [1.82, 2.24) is 10.2 Å². The lowest BCUT2D eigenvalue weighted by molar-refractivity contribution is 0.241. The molecule has 0 bridgehead atoms. The summed E-state index contributed by atoms with van der Waals surface area (Å²) in [6.07, 6.45) is 6.47. The van der Waals surface area contributed by atoms with Crippen LogP contribution in [0.3, 0.4) is 0 Å². The standard InChI is InChI=1S/C11H22N2/c1-5-8-12-10-11(4)13(7-3)9-6-2/h2,11-12H,5,7-10H2,1,3-4H3. The van der Waals surface area contributed by atoms with Gasteiger partial charge in [-0.1, -0.05) is 19.8 Å². The van der Waals surface area contributed by atoms with Crippen molar-refractivity contribution in [2.24, 2.45) is 0 Å². The summed E-state index contributed by atoms with van der Waals surface area (Å²) < 4.78 is 0. The van der Waals surface area contributed by atoms with Crippen molar-refractivity contribution in [1.29, 1.82) is 0 Å². The van der Waals surface area contributed by atoms with Gasteiger partial charge in [0, 0.05) is 12.6 Å². The number of hydrogen-bond acceptors (Lipinski definition) is 2. The molecule has 0 rings (SSSR count). The van der Waals surface area contributed by atoms with Gasteiger partial charge in [0.15, 0.2) is 0 Å². The van der Waals surface area contributed by atoms with Crippen molar-refractivity contribution in [3.05, 3.63) is 0 Å². The summed E-state index contributed by atoms with van der Waals surface area (Å²) in [4.78, 5) is 2.29. The molecule has 2 nitrogen and oxygen atoms in total. The topological polar surface area (TPSA) is 15.3 Å². The summed E-state index contributed by atoms with van der Waals surface area (Å²) in [5.74, 6) is 2.69. The second-order valence-corrected chi connectivity index (χ2v) is 3.32. The van der Waals surface area contributed by atoms with E-state index in [2.05, 4.69) is 36.9 Å². The highest BCUT2D eigenvalue weighted by Crippen LogP contribution is 1.96. The minimum absolute atomic E-state index is 0.535. The number of nitrogens with one attached hydrogen (secondary N) is 1. The van der Waals surface area contributed by atoms with E-state index in [1.807, 2.05) is 0 Å². The first-order valence-electron chi connectivity index (χ1n) is 5.14. The summed E-state index contributed by atoms with van der Waals surface area (Å²) >= 11 is 0. The van der Waals surface area contributed by atoms with E-state index in [1.165, 1.54) is 6.42 Å². The minimum atomic E-state index is 0.535. The first kappa shape index (κ1) is 12.5. The van der Waals surface area contributed by atoms with Crippen LogP contribution in [-0.2, 0) is 0 Å². The molecule has 0 aliphatic rings. The molecule has 2 heteroatoms. The highest BCUT2D eigenvalue weighted by molar-refractivity contribution is 4.89. The molecule has 0 aromatic heterocycles. The van der Waals surface area contributed by atoms with Crippen molar-refractivity contribution in [3.63, 3.8) is 0 Å². The lowest BCUT2D eigenvalue weighted by atomic mass is 10.2. The Morgan fingerprint density at radius 1 is 1.46 bits per heavy atom. The van der Waals surface area contributed by atoms with Gasteiger partial charge in [0.1, 0.15) is 0 Å². The molecule has 0 saturated heterocycles. The third-order valence-corrected chi connectivity index (χ3v) is 2.19. The molecule has 0 aliphatic carbocycles. The van der Waals surface area contributed by atoms with Gasteiger partial charge in [0.25, 0.3) is 0 Å². The summed E-state index contributed by atoms with van der Waals surface area (Å²) in [6, 6.07) is 0.535. The summed E-state index contributed by atoms with van der Waals surface area (Å²) in [6.45, 7) is 10.4. The minimum Gasteiger partial charge on any atom is -0.315 e. The van der Waals surface area contributed by atoms with Crippen LogP contribution in [0, 0.1) is 12.3 Å². The lowest BCUT2D eigenvalue weighted by Crippen LogP contribution is -2.40. The maximum absolute atomic E-state index is 5.29. The third-order valence-electron chi connectivity index (χ3n) is 2.19.